The molecule has 2 aromatic heterocycles. The number of allylic oxidation sites excluding steroid dienone is 1. The molecule has 0 spiro atoms. The highest BCUT2D eigenvalue weighted by atomic mass is 19.1. The first-order valence-electron chi connectivity index (χ1n) is 12.7. The lowest BCUT2D eigenvalue weighted by atomic mass is 9.57. The molecule has 2 aliphatic carbocycles. The minimum atomic E-state index is -0.802. The SMILES string of the molecule is Cc1cc(-c2nc(-c3ccccc3F)c3c(n2)[C@]2(C)C=C(C#N)C(O)[C@H](C)[C@H]2CC3)c2ccccc2n1. The van der Waals surface area contributed by atoms with Gasteiger partial charge >= 0.3 is 0 Å². The molecule has 0 fully saturated rings. The van der Waals surface area contributed by atoms with Crippen LogP contribution in [-0.4, -0.2) is 26.2 Å². The molecule has 2 aromatic carbocycles. The van der Waals surface area contributed by atoms with Gasteiger partial charge in [0.25, 0.3) is 0 Å². The highest BCUT2D eigenvalue weighted by Gasteiger charge is 2.49. The van der Waals surface area contributed by atoms with E-state index in [0.717, 1.165) is 39.8 Å². The summed E-state index contributed by atoms with van der Waals surface area (Å²) in [4.78, 5) is 14.9. The van der Waals surface area contributed by atoms with Crippen molar-refractivity contribution in [2.45, 2.75) is 45.1 Å². The summed E-state index contributed by atoms with van der Waals surface area (Å²) in [5, 5.41) is 21.5. The Morgan fingerprint density at radius 3 is 2.59 bits per heavy atom. The van der Waals surface area contributed by atoms with Crippen LogP contribution < -0.4 is 0 Å². The number of pyridine rings is 1. The second-order valence-corrected chi connectivity index (χ2v) is 10.5. The minimum Gasteiger partial charge on any atom is -0.387 e. The first kappa shape index (κ1) is 23.4. The van der Waals surface area contributed by atoms with Gasteiger partial charge < -0.3 is 5.11 Å². The van der Waals surface area contributed by atoms with Crippen LogP contribution in [0.3, 0.4) is 0 Å². The van der Waals surface area contributed by atoms with Crippen molar-refractivity contribution >= 4 is 10.9 Å². The Balaban J connectivity index is 1.70. The summed E-state index contributed by atoms with van der Waals surface area (Å²) in [6.07, 6.45) is 2.54. The van der Waals surface area contributed by atoms with Crippen LogP contribution in [0.2, 0.25) is 0 Å². The molecule has 0 saturated carbocycles. The Labute approximate surface area is 215 Å². The predicted molar refractivity (Wildman–Crippen MR) is 141 cm³/mol. The van der Waals surface area contributed by atoms with Crippen molar-refractivity contribution in [3.63, 3.8) is 0 Å². The number of para-hydroxylation sites is 1. The Kier molecular flexibility index (Phi) is 5.43. The molecule has 4 atom stereocenters. The maximum Gasteiger partial charge on any atom is 0.160 e. The van der Waals surface area contributed by atoms with Crippen LogP contribution in [0.25, 0.3) is 33.5 Å². The lowest BCUT2D eigenvalue weighted by Gasteiger charge is -2.48. The van der Waals surface area contributed by atoms with Gasteiger partial charge in [0.1, 0.15) is 5.82 Å². The van der Waals surface area contributed by atoms with E-state index in [1.165, 1.54) is 6.07 Å². The summed E-state index contributed by atoms with van der Waals surface area (Å²) in [5.74, 6) is 0.140. The summed E-state index contributed by atoms with van der Waals surface area (Å²) < 4.78 is 15.2. The summed E-state index contributed by atoms with van der Waals surface area (Å²) in [7, 11) is 0. The van der Waals surface area contributed by atoms with Gasteiger partial charge in [0.05, 0.1) is 34.7 Å². The second-order valence-electron chi connectivity index (χ2n) is 10.5. The second kappa shape index (κ2) is 8.57. The molecule has 1 N–H and O–H groups in total. The van der Waals surface area contributed by atoms with Crippen LogP contribution in [0.15, 0.2) is 66.2 Å². The highest BCUT2D eigenvalue weighted by molar-refractivity contribution is 5.93. The van der Waals surface area contributed by atoms with Gasteiger partial charge in [-0.2, -0.15) is 5.26 Å². The minimum absolute atomic E-state index is 0.0826. The van der Waals surface area contributed by atoms with E-state index in [1.807, 2.05) is 56.3 Å². The number of benzene rings is 2. The standard InChI is InChI=1S/C31H27FN4O/c1-17-14-23(20-8-5-7-11-26(20)34-17)30-35-27(21-9-4-6-10-25(21)32)22-12-13-24-18(2)28(37)19(16-33)15-31(24,3)29(22)36-30/h4-11,14-15,18,24,28,37H,12-13H2,1-3H3/t18-,24-,28?,31-/m1/s1. The first-order valence-corrected chi connectivity index (χ1v) is 12.7. The molecular formula is C31H27FN4O. The molecule has 0 bridgehead atoms. The zero-order chi connectivity index (χ0) is 25.9. The average Bonchev–Trinajstić information content (AvgIpc) is 2.90. The summed E-state index contributed by atoms with van der Waals surface area (Å²) in [5.41, 5.74) is 5.00. The summed E-state index contributed by atoms with van der Waals surface area (Å²) in [6.45, 7) is 6.03. The topological polar surface area (TPSA) is 82.7 Å². The molecule has 0 radical (unpaired) electrons. The summed E-state index contributed by atoms with van der Waals surface area (Å²) in [6, 6.07) is 18.8. The van der Waals surface area contributed by atoms with Crippen LogP contribution >= 0.6 is 0 Å². The molecule has 0 amide bonds. The van der Waals surface area contributed by atoms with Crippen LogP contribution in [0.1, 0.15) is 37.2 Å². The van der Waals surface area contributed by atoms with Gasteiger partial charge in [0.2, 0.25) is 0 Å². The normalized spacial score (nSPS) is 24.6. The molecule has 0 saturated heterocycles. The van der Waals surface area contributed by atoms with Crippen molar-refractivity contribution in [2.24, 2.45) is 11.8 Å². The molecular weight excluding hydrogens is 463 g/mol. The molecule has 1 unspecified atom stereocenters. The average molecular weight is 491 g/mol. The summed E-state index contributed by atoms with van der Waals surface area (Å²) >= 11 is 0. The molecule has 2 aliphatic rings. The van der Waals surface area contributed by atoms with E-state index in [1.54, 1.807) is 12.1 Å². The van der Waals surface area contributed by atoms with E-state index < -0.39 is 11.5 Å². The van der Waals surface area contributed by atoms with Crippen molar-refractivity contribution in [3.05, 3.63) is 89.0 Å². The fraction of sp³-hybridized carbons (Fsp3) is 0.290. The van der Waals surface area contributed by atoms with Crippen LogP contribution in [0, 0.1) is 35.9 Å². The monoisotopic (exact) mass is 490 g/mol. The van der Waals surface area contributed by atoms with Gasteiger partial charge in [-0.25, -0.2) is 14.4 Å². The Morgan fingerprint density at radius 1 is 1.05 bits per heavy atom. The van der Waals surface area contributed by atoms with Gasteiger partial charge in [-0.1, -0.05) is 50.3 Å². The Morgan fingerprint density at radius 2 is 1.81 bits per heavy atom. The van der Waals surface area contributed by atoms with Gasteiger partial charge in [-0.05, 0) is 55.9 Å². The number of nitriles is 1. The van der Waals surface area contributed by atoms with Crippen LogP contribution in [-0.2, 0) is 11.8 Å². The van der Waals surface area contributed by atoms with E-state index in [9.17, 15) is 10.4 Å². The quantitative estimate of drug-likeness (QED) is 0.368. The fourth-order valence-electron chi connectivity index (χ4n) is 6.43. The molecule has 6 heteroatoms. The third-order valence-corrected chi connectivity index (χ3v) is 8.24. The van der Waals surface area contributed by atoms with Crippen molar-refractivity contribution in [2.75, 3.05) is 0 Å². The number of hydrogen-bond acceptors (Lipinski definition) is 5. The number of halogens is 1. The van der Waals surface area contributed by atoms with Crippen LogP contribution in [0.4, 0.5) is 4.39 Å². The van der Waals surface area contributed by atoms with Crippen molar-refractivity contribution in [1.82, 2.24) is 15.0 Å². The smallest absolute Gasteiger partial charge is 0.160 e. The third-order valence-electron chi connectivity index (χ3n) is 8.24. The van der Waals surface area contributed by atoms with Crippen LogP contribution in [0.5, 0.6) is 0 Å². The van der Waals surface area contributed by atoms with Gasteiger partial charge in [-0.3, -0.25) is 4.98 Å². The van der Waals surface area contributed by atoms with E-state index >= 15 is 4.39 Å². The van der Waals surface area contributed by atoms with Crippen molar-refractivity contribution < 1.29 is 9.50 Å². The maximum absolute atomic E-state index is 15.2. The highest BCUT2D eigenvalue weighted by Crippen LogP contribution is 2.52. The van der Waals surface area contributed by atoms with Crippen molar-refractivity contribution in [1.29, 1.82) is 5.26 Å². The molecule has 2 heterocycles. The van der Waals surface area contributed by atoms with E-state index in [-0.39, 0.29) is 17.7 Å². The van der Waals surface area contributed by atoms with E-state index in [0.29, 0.717) is 29.1 Å². The Bertz CT molecular complexity index is 1640. The largest absolute Gasteiger partial charge is 0.387 e. The number of aryl methyl sites for hydroxylation is 1. The zero-order valence-electron chi connectivity index (χ0n) is 21.0. The lowest BCUT2D eigenvalue weighted by molar-refractivity contribution is 0.0669. The third kappa shape index (κ3) is 3.57. The molecule has 37 heavy (non-hydrogen) atoms. The number of fused-ring (bicyclic) bond motifs is 4. The fourth-order valence-corrected chi connectivity index (χ4v) is 6.43. The number of nitrogens with zero attached hydrogens (tertiary/aromatic N) is 4. The predicted octanol–water partition coefficient (Wildman–Crippen LogP) is 6.09. The lowest BCUT2D eigenvalue weighted by Crippen LogP contribution is -2.47. The number of aromatic nitrogens is 3. The number of rotatable bonds is 2. The first-order chi connectivity index (χ1) is 17.8. The molecule has 0 aliphatic heterocycles. The number of hydrogen-bond donors (Lipinski definition) is 1. The van der Waals surface area contributed by atoms with E-state index in [4.69, 9.17) is 9.97 Å². The molecule has 6 rings (SSSR count). The van der Waals surface area contributed by atoms with Gasteiger partial charge in [0, 0.05) is 33.2 Å². The van der Waals surface area contributed by atoms with E-state index in [2.05, 4.69) is 18.0 Å². The molecule has 5 nitrogen and oxygen atoms in total. The molecule has 184 valence electrons. The van der Waals surface area contributed by atoms with Gasteiger partial charge in [0.15, 0.2) is 5.82 Å². The van der Waals surface area contributed by atoms with Crippen molar-refractivity contribution in [3.8, 4) is 28.7 Å². The number of aliphatic hydroxyl groups excluding tert-OH is 1. The Hall–Kier alpha value is -3.95. The zero-order valence-corrected chi connectivity index (χ0v) is 21.0. The molecule has 4 aromatic rings. The van der Waals surface area contributed by atoms with Gasteiger partial charge in [-0.15, -0.1) is 0 Å². The maximum atomic E-state index is 15.2. The number of aliphatic hydroxyl groups is 1.